The number of anilines is 1. The predicted molar refractivity (Wildman–Crippen MR) is 120 cm³/mol. The van der Waals surface area contributed by atoms with E-state index in [0.717, 1.165) is 28.5 Å². The predicted octanol–water partition coefficient (Wildman–Crippen LogP) is 4.28. The number of nitrogens with one attached hydrogen (secondary N) is 2. The normalized spacial score (nSPS) is 19.8. The Kier molecular flexibility index (Phi) is 4.96. The quantitative estimate of drug-likeness (QED) is 0.514. The molecule has 32 heavy (non-hydrogen) atoms. The number of aryl methyl sites for hydroxylation is 2. The van der Waals surface area contributed by atoms with Gasteiger partial charge in [-0.15, -0.1) is 0 Å². The van der Waals surface area contributed by atoms with Crippen molar-refractivity contribution in [2.75, 3.05) is 5.32 Å². The third-order valence-electron chi connectivity index (χ3n) is 6.48. The summed E-state index contributed by atoms with van der Waals surface area (Å²) in [7, 11) is 1.88. The zero-order chi connectivity index (χ0) is 22.4. The number of aromatic amines is 1. The van der Waals surface area contributed by atoms with Gasteiger partial charge >= 0.3 is 0 Å². The van der Waals surface area contributed by atoms with Gasteiger partial charge in [0, 0.05) is 48.3 Å². The number of fused-ring (bicyclic) bond motifs is 1. The average molecular weight is 431 g/mol. The summed E-state index contributed by atoms with van der Waals surface area (Å²) in [6.45, 7) is 4.05. The number of hydrogen-bond acceptors (Lipinski definition) is 3. The van der Waals surface area contributed by atoms with Crippen molar-refractivity contribution < 1.29 is 14.2 Å². The maximum atomic E-state index is 14.8. The maximum absolute atomic E-state index is 14.8. The molecule has 0 radical (unpaired) electrons. The Labute approximate surface area is 185 Å². The number of halogens is 1. The SMILES string of the molecule is CC[C@@H]1C(c2cnn(C)c2)[C@H]1C(=O)Nc1cc2cc(-c3c[nH+]ccc3C)c(F)cc2cn1. The van der Waals surface area contributed by atoms with Crippen molar-refractivity contribution in [3.8, 4) is 11.1 Å². The van der Waals surface area contributed by atoms with Gasteiger partial charge < -0.3 is 5.32 Å². The first-order valence-corrected chi connectivity index (χ1v) is 10.8. The van der Waals surface area contributed by atoms with E-state index in [0.29, 0.717) is 22.7 Å². The van der Waals surface area contributed by atoms with Crippen molar-refractivity contribution in [1.29, 1.82) is 0 Å². The van der Waals surface area contributed by atoms with E-state index < -0.39 is 0 Å². The van der Waals surface area contributed by atoms with Crippen LogP contribution in [0.25, 0.3) is 21.9 Å². The van der Waals surface area contributed by atoms with Crippen LogP contribution in [0.5, 0.6) is 0 Å². The lowest BCUT2D eigenvalue weighted by molar-refractivity contribution is -0.377. The van der Waals surface area contributed by atoms with Gasteiger partial charge in [-0.05, 0) is 47.6 Å². The highest BCUT2D eigenvalue weighted by Gasteiger charge is 2.54. The van der Waals surface area contributed by atoms with E-state index >= 15 is 0 Å². The summed E-state index contributed by atoms with van der Waals surface area (Å²) in [4.78, 5) is 20.4. The summed E-state index contributed by atoms with van der Waals surface area (Å²) in [6, 6.07) is 7.01. The molecule has 1 unspecified atom stereocenters. The third kappa shape index (κ3) is 3.53. The molecular formula is C25H25FN5O+. The standard InChI is InChI=1S/C25H24FN5O/c1-4-18-23(17-11-29-31(3)13-17)24(18)25(32)30-22-9-15-7-19(20-12-27-6-5-14(20)2)21(26)8-16(15)10-28-22/h5-13,18,23-24H,4H2,1-3H3,(H,28,30,32)/p+1/t18-,23?,24+/m1/s1. The number of H-pyrrole nitrogens is 1. The lowest BCUT2D eigenvalue weighted by Gasteiger charge is -2.09. The molecule has 162 valence electrons. The maximum Gasteiger partial charge on any atom is 0.229 e. The lowest BCUT2D eigenvalue weighted by Crippen LogP contribution is -2.16. The monoisotopic (exact) mass is 430 g/mol. The summed E-state index contributed by atoms with van der Waals surface area (Å²) in [5, 5.41) is 8.73. The van der Waals surface area contributed by atoms with Crippen LogP contribution < -0.4 is 10.3 Å². The molecule has 0 aliphatic heterocycles. The van der Waals surface area contributed by atoms with Gasteiger partial charge in [-0.3, -0.25) is 9.48 Å². The molecule has 1 aliphatic rings. The van der Waals surface area contributed by atoms with Gasteiger partial charge in [0.15, 0.2) is 12.4 Å². The number of aromatic nitrogens is 4. The Morgan fingerprint density at radius 2 is 2.06 bits per heavy atom. The Morgan fingerprint density at radius 1 is 1.22 bits per heavy atom. The number of nitrogens with zero attached hydrogens (tertiary/aromatic N) is 3. The second-order valence-corrected chi connectivity index (χ2v) is 8.55. The third-order valence-corrected chi connectivity index (χ3v) is 6.48. The van der Waals surface area contributed by atoms with Crippen molar-refractivity contribution in [3.63, 3.8) is 0 Å². The van der Waals surface area contributed by atoms with Crippen molar-refractivity contribution in [2.45, 2.75) is 26.2 Å². The van der Waals surface area contributed by atoms with Crippen LogP contribution in [0.4, 0.5) is 10.2 Å². The number of carbonyl (C=O) groups excluding carboxylic acids is 1. The fourth-order valence-corrected chi connectivity index (χ4v) is 4.75. The van der Waals surface area contributed by atoms with Crippen molar-refractivity contribution in [1.82, 2.24) is 14.8 Å². The molecule has 3 atom stereocenters. The minimum Gasteiger partial charge on any atom is -0.310 e. The smallest absolute Gasteiger partial charge is 0.229 e. The first kappa shape index (κ1) is 20.3. The van der Waals surface area contributed by atoms with Gasteiger partial charge in [0.05, 0.1) is 11.8 Å². The lowest BCUT2D eigenvalue weighted by atomic mass is 9.99. The van der Waals surface area contributed by atoms with Gasteiger partial charge in [-0.1, -0.05) is 13.3 Å². The van der Waals surface area contributed by atoms with Crippen LogP contribution in [0.15, 0.2) is 55.2 Å². The van der Waals surface area contributed by atoms with Gasteiger partial charge in [0.1, 0.15) is 11.6 Å². The van der Waals surface area contributed by atoms with Crippen LogP contribution in [-0.4, -0.2) is 20.7 Å². The zero-order valence-electron chi connectivity index (χ0n) is 18.3. The highest BCUT2D eigenvalue weighted by Crippen LogP contribution is 2.56. The van der Waals surface area contributed by atoms with Gasteiger partial charge in [-0.25, -0.2) is 14.4 Å². The first-order valence-electron chi connectivity index (χ1n) is 10.8. The fourth-order valence-electron chi connectivity index (χ4n) is 4.75. The molecule has 1 saturated carbocycles. The molecule has 1 aliphatic carbocycles. The molecular weight excluding hydrogens is 405 g/mol. The molecule has 3 heterocycles. The minimum absolute atomic E-state index is 0.0339. The molecule has 7 heteroatoms. The molecule has 4 aromatic rings. The molecule has 1 aromatic carbocycles. The Bertz CT molecular complexity index is 1330. The Hall–Kier alpha value is -3.61. The van der Waals surface area contributed by atoms with E-state index in [1.807, 2.05) is 44.7 Å². The first-order chi connectivity index (χ1) is 15.5. The zero-order valence-corrected chi connectivity index (χ0v) is 18.3. The number of hydrogen-bond donors (Lipinski definition) is 1. The van der Waals surface area contributed by atoms with Crippen molar-refractivity contribution in [3.05, 3.63) is 72.2 Å². The summed E-state index contributed by atoms with van der Waals surface area (Å²) < 4.78 is 16.5. The van der Waals surface area contributed by atoms with E-state index in [9.17, 15) is 9.18 Å². The number of rotatable bonds is 5. The van der Waals surface area contributed by atoms with E-state index in [1.54, 1.807) is 23.1 Å². The van der Waals surface area contributed by atoms with E-state index in [1.165, 1.54) is 6.07 Å². The van der Waals surface area contributed by atoms with Gasteiger partial charge in [0.25, 0.3) is 0 Å². The minimum atomic E-state index is -0.304. The molecule has 3 aromatic heterocycles. The van der Waals surface area contributed by atoms with Gasteiger partial charge in [0.2, 0.25) is 5.91 Å². The molecule has 5 rings (SSSR count). The Balaban J connectivity index is 1.42. The number of amides is 1. The van der Waals surface area contributed by atoms with Crippen LogP contribution in [0.3, 0.4) is 0 Å². The van der Waals surface area contributed by atoms with Crippen molar-refractivity contribution in [2.24, 2.45) is 18.9 Å². The number of pyridine rings is 2. The van der Waals surface area contributed by atoms with E-state index in [-0.39, 0.29) is 23.6 Å². The van der Waals surface area contributed by atoms with Crippen LogP contribution in [0.1, 0.15) is 30.4 Å². The van der Waals surface area contributed by atoms with Crippen LogP contribution >= 0.6 is 0 Å². The van der Waals surface area contributed by atoms with E-state index in [2.05, 4.69) is 27.3 Å². The molecule has 0 spiro atoms. The molecule has 1 fully saturated rings. The summed E-state index contributed by atoms with van der Waals surface area (Å²) >= 11 is 0. The summed E-state index contributed by atoms with van der Waals surface area (Å²) in [6.07, 6.45) is 9.96. The van der Waals surface area contributed by atoms with Gasteiger partial charge in [-0.2, -0.15) is 5.10 Å². The molecule has 2 N–H and O–H groups in total. The van der Waals surface area contributed by atoms with Crippen LogP contribution in [-0.2, 0) is 11.8 Å². The fraction of sp³-hybridized carbons (Fsp3) is 0.280. The largest absolute Gasteiger partial charge is 0.310 e. The van der Waals surface area contributed by atoms with Crippen LogP contribution in [0, 0.1) is 24.6 Å². The molecule has 1 amide bonds. The highest BCUT2D eigenvalue weighted by atomic mass is 19.1. The number of carbonyl (C=O) groups is 1. The molecule has 0 saturated heterocycles. The Morgan fingerprint density at radius 3 is 2.78 bits per heavy atom. The highest BCUT2D eigenvalue weighted by molar-refractivity contribution is 5.97. The molecule has 6 nitrogen and oxygen atoms in total. The van der Waals surface area contributed by atoms with E-state index in [4.69, 9.17) is 0 Å². The second-order valence-electron chi connectivity index (χ2n) is 8.55. The second kappa shape index (κ2) is 7.82. The topological polar surface area (TPSA) is 74.0 Å². The van der Waals surface area contributed by atoms with Crippen molar-refractivity contribution >= 4 is 22.5 Å². The molecule has 0 bridgehead atoms. The summed E-state index contributed by atoms with van der Waals surface area (Å²) in [5.74, 6) is 0.538. The number of benzene rings is 1. The average Bonchev–Trinajstić information content (AvgIpc) is 3.37. The van der Waals surface area contributed by atoms with Crippen LogP contribution in [0.2, 0.25) is 0 Å². The summed E-state index contributed by atoms with van der Waals surface area (Å²) in [5.41, 5.74) is 3.39.